The number of anilines is 1. The summed E-state index contributed by atoms with van der Waals surface area (Å²) < 4.78 is 21.6. The molecule has 2 aromatic carbocycles. The van der Waals surface area contributed by atoms with Crippen LogP contribution in [-0.2, 0) is 27.4 Å². The minimum absolute atomic E-state index is 0.0582. The topological polar surface area (TPSA) is 104 Å². The van der Waals surface area contributed by atoms with E-state index in [1.54, 1.807) is 36.4 Å². The molecule has 0 saturated carbocycles. The molecule has 1 N–H and O–H groups in total. The average Bonchev–Trinajstić information content (AvgIpc) is 2.71. The lowest BCUT2D eigenvalue weighted by Crippen LogP contribution is -2.16. The molecular weight excluding hydrogens is 390 g/mol. The maximum absolute atomic E-state index is 12.3. The average molecular weight is 409 g/mol. The zero-order valence-electron chi connectivity index (χ0n) is 16.2. The van der Waals surface area contributed by atoms with Gasteiger partial charge in [0, 0.05) is 35.7 Å². The van der Waals surface area contributed by atoms with Crippen molar-refractivity contribution in [2.75, 3.05) is 18.5 Å². The molecule has 1 amide bonds. The first kappa shape index (κ1) is 19.5. The Labute approximate surface area is 171 Å². The van der Waals surface area contributed by atoms with Gasteiger partial charge in [-0.25, -0.2) is 4.79 Å². The number of fused-ring (bicyclic) bond motifs is 2. The zero-order valence-corrected chi connectivity index (χ0v) is 16.2. The fourth-order valence-corrected chi connectivity index (χ4v) is 3.20. The van der Waals surface area contributed by atoms with Gasteiger partial charge in [0.25, 0.3) is 0 Å². The Morgan fingerprint density at radius 1 is 1.03 bits per heavy atom. The minimum Gasteiger partial charge on any atom is -0.486 e. The zero-order chi connectivity index (χ0) is 21.1. The number of carbonyl (C=O) groups excluding carboxylic acids is 2. The number of nitrogens with one attached hydrogen (secondary N) is 1. The summed E-state index contributed by atoms with van der Waals surface area (Å²) in [5, 5.41) is 3.25. The lowest BCUT2D eigenvalue weighted by atomic mass is 10.1. The summed E-state index contributed by atoms with van der Waals surface area (Å²) in [7, 11) is 0. The number of esters is 1. The van der Waals surface area contributed by atoms with Crippen molar-refractivity contribution in [1.29, 1.82) is 0 Å². The number of ether oxygens (including phenoxy) is 3. The van der Waals surface area contributed by atoms with E-state index in [1.165, 1.54) is 13.0 Å². The van der Waals surface area contributed by atoms with Crippen LogP contribution in [0.5, 0.6) is 11.5 Å². The molecule has 0 bridgehead atoms. The van der Waals surface area contributed by atoms with Crippen LogP contribution in [-0.4, -0.2) is 25.1 Å². The summed E-state index contributed by atoms with van der Waals surface area (Å²) in [5.74, 6) is 0.580. The van der Waals surface area contributed by atoms with Crippen LogP contribution < -0.4 is 20.4 Å². The molecule has 0 aliphatic carbocycles. The normalized spacial score (nSPS) is 12.4. The van der Waals surface area contributed by atoms with Gasteiger partial charge < -0.3 is 23.9 Å². The molecule has 0 fully saturated rings. The van der Waals surface area contributed by atoms with Crippen LogP contribution >= 0.6 is 0 Å². The first-order chi connectivity index (χ1) is 14.5. The number of carbonyl (C=O) groups is 2. The van der Waals surface area contributed by atoms with Crippen molar-refractivity contribution >= 4 is 28.5 Å². The number of hydrogen-bond acceptors (Lipinski definition) is 7. The highest BCUT2D eigenvalue weighted by Gasteiger charge is 2.15. The Morgan fingerprint density at radius 3 is 2.63 bits per heavy atom. The van der Waals surface area contributed by atoms with Gasteiger partial charge in [0.1, 0.15) is 25.4 Å². The molecular formula is C22H19NO7. The molecule has 0 atom stereocenters. The van der Waals surface area contributed by atoms with Gasteiger partial charge in [-0.3, -0.25) is 9.59 Å². The van der Waals surface area contributed by atoms with Crippen molar-refractivity contribution in [3.63, 3.8) is 0 Å². The van der Waals surface area contributed by atoms with Crippen molar-refractivity contribution in [2.24, 2.45) is 0 Å². The molecule has 0 radical (unpaired) electrons. The molecule has 0 unspecified atom stereocenters. The fourth-order valence-electron chi connectivity index (χ4n) is 3.20. The van der Waals surface area contributed by atoms with Gasteiger partial charge in [-0.15, -0.1) is 0 Å². The molecule has 3 aromatic rings. The summed E-state index contributed by atoms with van der Waals surface area (Å²) in [6, 6.07) is 11.5. The monoisotopic (exact) mass is 409 g/mol. The van der Waals surface area contributed by atoms with Crippen molar-refractivity contribution in [3.8, 4) is 11.5 Å². The largest absolute Gasteiger partial charge is 0.486 e. The van der Waals surface area contributed by atoms with Gasteiger partial charge in [0.2, 0.25) is 5.91 Å². The maximum atomic E-state index is 12.3. The maximum Gasteiger partial charge on any atom is 0.336 e. The summed E-state index contributed by atoms with van der Waals surface area (Å²) in [4.78, 5) is 35.4. The van der Waals surface area contributed by atoms with E-state index in [0.29, 0.717) is 46.9 Å². The Morgan fingerprint density at radius 2 is 1.83 bits per heavy atom. The van der Waals surface area contributed by atoms with E-state index in [9.17, 15) is 14.4 Å². The first-order valence-corrected chi connectivity index (χ1v) is 9.36. The van der Waals surface area contributed by atoms with Crippen molar-refractivity contribution in [2.45, 2.75) is 20.0 Å². The van der Waals surface area contributed by atoms with E-state index in [-0.39, 0.29) is 18.9 Å². The van der Waals surface area contributed by atoms with Gasteiger partial charge in [-0.1, -0.05) is 6.07 Å². The molecule has 0 saturated heterocycles. The number of benzene rings is 2. The number of hydrogen-bond donors (Lipinski definition) is 1. The van der Waals surface area contributed by atoms with E-state index < -0.39 is 11.6 Å². The van der Waals surface area contributed by atoms with Crippen LogP contribution in [0.1, 0.15) is 18.1 Å². The Balaban J connectivity index is 1.47. The molecule has 4 rings (SSSR count). The molecule has 8 nitrogen and oxygen atoms in total. The molecule has 30 heavy (non-hydrogen) atoms. The van der Waals surface area contributed by atoms with Crippen LogP contribution in [0, 0.1) is 0 Å². The van der Waals surface area contributed by atoms with Gasteiger partial charge in [0.15, 0.2) is 11.5 Å². The summed E-state index contributed by atoms with van der Waals surface area (Å²) >= 11 is 0. The molecule has 1 aliphatic rings. The van der Waals surface area contributed by atoms with E-state index in [0.717, 1.165) is 5.56 Å². The van der Waals surface area contributed by atoms with Gasteiger partial charge in [0.05, 0.1) is 6.42 Å². The highest BCUT2D eigenvalue weighted by atomic mass is 16.6. The lowest BCUT2D eigenvalue weighted by molar-refractivity contribution is -0.144. The van der Waals surface area contributed by atoms with Crippen molar-refractivity contribution in [1.82, 2.24) is 0 Å². The van der Waals surface area contributed by atoms with E-state index in [1.807, 2.05) is 0 Å². The molecule has 8 heteroatoms. The van der Waals surface area contributed by atoms with Crippen molar-refractivity contribution < 1.29 is 28.2 Å². The third kappa shape index (κ3) is 4.43. The third-order valence-corrected chi connectivity index (χ3v) is 4.49. The second-order valence-electron chi connectivity index (χ2n) is 6.80. The van der Waals surface area contributed by atoms with Crippen LogP contribution in [0.15, 0.2) is 51.7 Å². The first-order valence-electron chi connectivity index (χ1n) is 9.36. The minimum atomic E-state index is -0.569. The fraction of sp³-hybridized carbons (Fsp3) is 0.227. The highest BCUT2D eigenvalue weighted by Crippen LogP contribution is 2.31. The second kappa shape index (κ2) is 8.28. The summed E-state index contributed by atoms with van der Waals surface area (Å²) in [6.45, 7) is 2.27. The summed E-state index contributed by atoms with van der Waals surface area (Å²) in [5.41, 5.74) is 1.49. The Hall–Kier alpha value is -3.81. The predicted octanol–water partition coefficient (Wildman–Crippen LogP) is 2.81. The molecule has 154 valence electrons. The second-order valence-corrected chi connectivity index (χ2v) is 6.80. The molecule has 2 heterocycles. The van der Waals surface area contributed by atoms with E-state index in [2.05, 4.69) is 5.32 Å². The third-order valence-electron chi connectivity index (χ3n) is 4.49. The van der Waals surface area contributed by atoms with Gasteiger partial charge in [-0.2, -0.15) is 0 Å². The van der Waals surface area contributed by atoms with Crippen LogP contribution in [0.4, 0.5) is 5.69 Å². The molecule has 1 aliphatic heterocycles. The highest BCUT2D eigenvalue weighted by molar-refractivity contribution is 5.92. The van der Waals surface area contributed by atoms with E-state index in [4.69, 9.17) is 18.6 Å². The van der Waals surface area contributed by atoms with Gasteiger partial charge in [-0.05, 0) is 29.8 Å². The summed E-state index contributed by atoms with van der Waals surface area (Å²) in [6.07, 6.45) is 0.0582. The SMILES string of the molecule is CC(=O)Nc1ccc2c(COC(=O)Cc3ccc4c(c3)OCCO4)cc(=O)oc2c1. The Bertz CT molecular complexity index is 1180. The van der Waals surface area contributed by atoms with E-state index >= 15 is 0 Å². The standard InChI is InChI=1S/C22H19NO7/c1-13(24)23-16-3-4-17-15(10-22(26)30-19(17)11-16)12-29-21(25)9-14-2-5-18-20(8-14)28-7-6-27-18/h2-5,8,10-11H,6-7,9,12H2,1H3,(H,23,24). The number of rotatable bonds is 5. The molecule has 1 aromatic heterocycles. The smallest absolute Gasteiger partial charge is 0.336 e. The van der Waals surface area contributed by atoms with Crippen LogP contribution in [0.3, 0.4) is 0 Å². The van der Waals surface area contributed by atoms with Crippen LogP contribution in [0.2, 0.25) is 0 Å². The molecule has 0 spiro atoms. The lowest BCUT2D eigenvalue weighted by Gasteiger charge is -2.18. The van der Waals surface area contributed by atoms with Crippen LogP contribution in [0.25, 0.3) is 11.0 Å². The quantitative estimate of drug-likeness (QED) is 0.510. The Kier molecular flexibility index (Phi) is 5.38. The predicted molar refractivity (Wildman–Crippen MR) is 108 cm³/mol. The van der Waals surface area contributed by atoms with Crippen molar-refractivity contribution in [3.05, 3.63) is 64.0 Å². The number of amides is 1. The van der Waals surface area contributed by atoms with Gasteiger partial charge >= 0.3 is 11.6 Å².